The zero-order valence-corrected chi connectivity index (χ0v) is 17.7. The van der Waals surface area contributed by atoms with Gasteiger partial charge in [-0.25, -0.2) is 4.68 Å². The van der Waals surface area contributed by atoms with E-state index in [1.807, 2.05) is 6.92 Å². The topological polar surface area (TPSA) is 68.2 Å². The van der Waals surface area contributed by atoms with Crippen LogP contribution in [0.2, 0.25) is 5.02 Å². The molecule has 0 unspecified atom stereocenters. The summed E-state index contributed by atoms with van der Waals surface area (Å²) >= 11 is 5.90. The molecule has 2 aromatic carbocycles. The molecule has 0 saturated carbocycles. The van der Waals surface area contributed by atoms with Crippen molar-refractivity contribution in [3.63, 3.8) is 0 Å². The number of alkyl halides is 3. The van der Waals surface area contributed by atoms with Gasteiger partial charge in [-0.15, -0.1) is 0 Å². The van der Waals surface area contributed by atoms with Crippen LogP contribution in [0.25, 0.3) is 0 Å². The zero-order chi connectivity index (χ0) is 22.9. The average Bonchev–Trinajstić information content (AvgIpc) is 3.19. The van der Waals surface area contributed by atoms with E-state index in [2.05, 4.69) is 15.7 Å². The van der Waals surface area contributed by atoms with E-state index < -0.39 is 24.2 Å². The number of fused-ring (bicyclic) bond motifs is 1. The monoisotopic (exact) mass is 464 g/mol. The van der Waals surface area contributed by atoms with Crippen LogP contribution in [-0.4, -0.2) is 28.5 Å². The van der Waals surface area contributed by atoms with E-state index in [0.29, 0.717) is 28.6 Å². The first-order valence-electron chi connectivity index (χ1n) is 9.97. The van der Waals surface area contributed by atoms with E-state index in [1.54, 1.807) is 48.5 Å². The van der Waals surface area contributed by atoms with Crippen LogP contribution >= 0.6 is 11.6 Å². The van der Waals surface area contributed by atoms with Crippen molar-refractivity contribution in [3.8, 4) is 5.75 Å². The maximum atomic E-state index is 13.8. The number of carbonyl (C=O) groups excluding carboxylic acids is 1. The van der Waals surface area contributed by atoms with Crippen LogP contribution in [0.3, 0.4) is 0 Å². The molecule has 1 aromatic heterocycles. The summed E-state index contributed by atoms with van der Waals surface area (Å²) in [4.78, 5) is 12.6. The number of benzene rings is 2. The molecule has 32 heavy (non-hydrogen) atoms. The number of halogens is 4. The average molecular weight is 465 g/mol. The second-order valence-corrected chi connectivity index (χ2v) is 7.75. The SMILES string of the molecule is CCOc1ccc(NC(=O)c2cc3n(n2)[C@@H](C(F)(F)F)C[C@@H](c2ccc(Cl)cc2)N3)cc1. The largest absolute Gasteiger partial charge is 0.494 e. The van der Waals surface area contributed by atoms with E-state index in [-0.39, 0.29) is 17.9 Å². The quantitative estimate of drug-likeness (QED) is 0.497. The highest BCUT2D eigenvalue weighted by Gasteiger charge is 2.46. The number of rotatable bonds is 5. The van der Waals surface area contributed by atoms with Crippen LogP contribution in [-0.2, 0) is 0 Å². The lowest BCUT2D eigenvalue weighted by molar-refractivity contribution is -0.173. The van der Waals surface area contributed by atoms with Crippen LogP contribution < -0.4 is 15.4 Å². The molecule has 0 spiro atoms. The van der Waals surface area contributed by atoms with Gasteiger partial charge in [0.25, 0.3) is 5.91 Å². The highest BCUT2D eigenvalue weighted by molar-refractivity contribution is 6.30. The van der Waals surface area contributed by atoms with Gasteiger partial charge in [0.15, 0.2) is 11.7 Å². The summed E-state index contributed by atoms with van der Waals surface area (Å²) in [5.41, 5.74) is 1.02. The number of hydrogen-bond acceptors (Lipinski definition) is 4. The van der Waals surface area contributed by atoms with Crippen LogP contribution in [0.15, 0.2) is 54.6 Å². The van der Waals surface area contributed by atoms with Gasteiger partial charge in [0.1, 0.15) is 11.6 Å². The van der Waals surface area contributed by atoms with E-state index in [4.69, 9.17) is 16.3 Å². The molecule has 1 aliphatic heterocycles. The molecular formula is C22H20ClF3N4O2. The van der Waals surface area contributed by atoms with Crippen molar-refractivity contribution in [1.82, 2.24) is 9.78 Å². The number of anilines is 2. The molecular weight excluding hydrogens is 445 g/mol. The Morgan fingerprint density at radius 1 is 1.22 bits per heavy atom. The van der Waals surface area contributed by atoms with Gasteiger partial charge in [-0.1, -0.05) is 23.7 Å². The Hall–Kier alpha value is -3.20. The molecule has 2 atom stereocenters. The van der Waals surface area contributed by atoms with E-state index >= 15 is 0 Å². The Balaban J connectivity index is 1.58. The molecule has 3 aromatic rings. The summed E-state index contributed by atoms with van der Waals surface area (Å²) in [5, 5.41) is 10.2. The Morgan fingerprint density at radius 3 is 2.53 bits per heavy atom. The first-order valence-corrected chi connectivity index (χ1v) is 10.3. The number of aromatic nitrogens is 2. The maximum absolute atomic E-state index is 13.8. The van der Waals surface area contributed by atoms with Gasteiger partial charge in [-0.3, -0.25) is 4.79 Å². The Bertz CT molecular complexity index is 1100. The van der Waals surface area contributed by atoms with Crippen molar-refractivity contribution in [2.45, 2.75) is 31.6 Å². The number of ether oxygens (including phenoxy) is 1. The summed E-state index contributed by atoms with van der Waals surface area (Å²) in [7, 11) is 0. The number of nitrogens with zero attached hydrogens (tertiary/aromatic N) is 2. The van der Waals surface area contributed by atoms with Gasteiger partial charge in [-0.2, -0.15) is 18.3 Å². The molecule has 1 amide bonds. The molecule has 0 radical (unpaired) electrons. The summed E-state index contributed by atoms with van der Waals surface area (Å²) in [6, 6.07) is 12.1. The molecule has 4 rings (SSSR count). The standard InChI is InChI=1S/C22H20ClF3N4O2/c1-2-32-16-9-7-15(8-10-16)27-21(31)18-12-20-28-17(13-3-5-14(23)6-4-13)11-19(22(24,25)26)30(20)29-18/h3-10,12,17,19,28H,2,11H2,1H3,(H,27,31)/t17-,19+/m0/s1. The number of carbonyl (C=O) groups is 1. The fourth-order valence-corrected chi connectivity index (χ4v) is 3.72. The van der Waals surface area contributed by atoms with Gasteiger partial charge in [0, 0.05) is 23.2 Å². The third-order valence-electron chi connectivity index (χ3n) is 5.12. The number of hydrogen-bond donors (Lipinski definition) is 2. The number of nitrogens with one attached hydrogen (secondary N) is 2. The van der Waals surface area contributed by atoms with Crippen LogP contribution in [0.5, 0.6) is 5.75 Å². The number of amides is 1. The minimum Gasteiger partial charge on any atom is -0.494 e. The fraction of sp³-hybridized carbons (Fsp3) is 0.273. The smallest absolute Gasteiger partial charge is 0.410 e. The predicted octanol–water partition coefficient (Wildman–Crippen LogP) is 5.85. The van der Waals surface area contributed by atoms with E-state index in [9.17, 15) is 18.0 Å². The Morgan fingerprint density at radius 2 is 1.91 bits per heavy atom. The third kappa shape index (κ3) is 4.67. The van der Waals surface area contributed by atoms with Crippen molar-refractivity contribution in [2.75, 3.05) is 17.2 Å². The van der Waals surface area contributed by atoms with Gasteiger partial charge in [0.05, 0.1) is 12.6 Å². The predicted molar refractivity (Wildman–Crippen MR) is 115 cm³/mol. The highest BCUT2D eigenvalue weighted by Crippen LogP contribution is 2.43. The van der Waals surface area contributed by atoms with Crippen LogP contribution in [0.4, 0.5) is 24.7 Å². The molecule has 0 aliphatic carbocycles. The normalized spacial score (nSPS) is 17.9. The minimum absolute atomic E-state index is 0.118. The highest BCUT2D eigenvalue weighted by atomic mass is 35.5. The van der Waals surface area contributed by atoms with Crippen LogP contribution in [0.1, 0.15) is 41.5 Å². The second kappa shape index (κ2) is 8.74. The van der Waals surface area contributed by atoms with E-state index in [0.717, 1.165) is 4.68 Å². The molecule has 0 bridgehead atoms. The molecule has 2 N–H and O–H groups in total. The lowest BCUT2D eigenvalue weighted by Gasteiger charge is -2.33. The molecule has 2 heterocycles. The molecule has 0 saturated heterocycles. The van der Waals surface area contributed by atoms with E-state index in [1.165, 1.54) is 6.07 Å². The van der Waals surface area contributed by atoms with Crippen molar-refractivity contribution in [3.05, 3.63) is 70.9 Å². The summed E-state index contributed by atoms with van der Waals surface area (Å²) in [6.07, 6.45) is -4.80. The first kappa shape index (κ1) is 22.0. The molecule has 10 heteroatoms. The lowest BCUT2D eigenvalue weighted by Crippen LogP contribution is -2.35. The van der Waals surface area contributed by atoms with Crippen molar-refractivity contribution in [2.24, 2.45) is 0 Å². The molecule has 1 aliphatic rings. The maximum Gasteiger partial charge on any atom is 0.410 e. The summed E-state index contributed by atoms with van der Waals surface area (Å²) in [6.45, 7) is 2.37. The molecule has 0 fully saturated rings. The third-order valence-corrected chi connectivity index (χ3v) is 5.37. The fourth-order valence-electron chi connectivity index (χ4n) is 3.59. The van der Waals surface area contributed by atoms with Gasteiger partial charge < -0.3 is 15.4 Å². The lowest BCUT2D eigenvalue weighted by atomic mass is 9.97. The van der Waals surface area contributed by atoms with Gasteiger partial charge in [0.2, 0.25) is 0 Å². The molecule has 6 nitrogen and oxygen atoms in total. The van der Waals surface area contributed by atoms with Crippen molar-refractivity contribution >= 4 is 29.0 Å². The van der Waals surface area contributed by atoms with Crippen LogP contribution in [0, 0.1) is 0 Å². The molecule has 168 valence electrons. The minimum atomic E-state index is -4.53. The van der Waals surface area contributed by atoms with Gasteiger partial charge >= 0.3 is 6.18 Å². The van der Waals surface area contributed by atoms with Crippen molar-refractivity contribution in [1.29, 1.82) is 0 Å². The second-order valence-electron chi connectivity index (χ2n) is 7.31. The Kier molecular flexibility index (Phi) is 6.01. The summed E-state index contributed by atoms with van der Waals surface area (Å²) < 4.78 is 47.6. The van der Waals surface area contributed by atoms with Gasteiger partial charge in [-0.05, 0) is 48.9 Å². The summed E-state index contributed by atoms with van der Waals surface area (Å²) in [5.74, 6) is 0.158. The Labute approximate surface area is 187 Å². The first-order chi connectivity index (χ1) is 15.2. The zero-order valence-electron chi connectivity index (χ0n) is 17.0. The van der Waals surface area contributed by atoms with Crippen molar-refractivity contribution < 1.29 is 22.7 Å².